The second-order valence-electron chi connectivity index (χ2n) is 6.56. The van der Waals surface area contributed by atoms with E-state index >= 15 is 0 Å². The number of halogens is 3. The number of ether oxygens (including phenoxy) is 1. The first kappa shape index (κ1) is 22.6. The SMILES string of the molecule is O=C(NCC(O)COc1ccc(C(F)(F)F)cc1)NC(c1ccccc1)c1nccs1. The number of urea groups is 1. The number of carbonyl (C=O) groups is 1. The van der Waals surface area contributed by atoms with Crippen molar-refractivity contribution in [1.82, 2.24) is 15.6 Å². The molecule has 0 fully saturated rings. The van der Waals surface area contributed by atoms with Gasteiger partial charge in [0.15, 0.2) is 0 Å². The van der Waals surface area contributed by atoms with Gasteiger partial charge in [-0.1, -0.05) is 30.3 Å². The number of hydrogen-bond donors (Lipinski definition) is 3. The van der Waals surface area contributed by atoms with E-state index in [9.17, 15) is 23.1 Å². The molecule has 3 rings (SSSR count). The molecule has 31 heavy (non-hydrogen) atoms. The van der Waals surface area contributed by atoms with Gasteiger partial charge in [0.25, 0.3) is 0 Å². The Labute approximate surface area is 180 Å². The van der Waals surface area contributed by atoms with Crippen LogP contribution in [-0.4, -0.2) is 35.4 Å². The first-order chi connectivity index (χ1) is 14.8. The summed E-state index contributed by atoms with van der Waals surface area (Å²) >= 11 is 1.41. The van der Waals surface area contributed by atoms with E-state index in [-0.39, 0.29) is 18.9 Å². The van der Waals surface area contributed by atoms with Crippen molar-refractivity contribution in [2.24, 2.45) is 0 Å². The van der Waals surface area contributed by atoms with E-state index in [1.165, 1.54) is 23.5 Å². The molecule has 0 aliphatic heterocycles. The molecule has 1 aromatic heterocycles. The maximum Gasteiger partial charge on any atom is 0.416 e. The summed E-state index contributed by atoms with van der Waals surface area (Å²) in [6.45, 7) is -0.300. The van der Waals surface area contributed by atoms with Crippen molar-refractivity contribution < 1.29 is 27.8 Å². The lowest BCUT2D eigenvalue weighted by atomic mass is 10.1. The fourth-order valence-corrected chi connectivity index (χ4v) is 3.41. The van der Waals surface area contributed by atoms with Crippen LogP contribution in [0.3, 0.4) is 0 Å². The normalized spacial score (nSPS) is 13.3. The van der Waals surface area contributed by atoms with Crippen LogP contribution in [0.25, 0.3) is 0 Å². The van der Waals surface area contributed by atoms with Crippen LogP contribution < -0.4 is 15.4 Å². The van der Waals surface area contributed by atoms with Gasteiger partial charge in [-0.3, -0.25) is 0 Å². The molecule has 0 bridgehead atoms. The van der Waals surface area contributed by atoms with E-state index in [1.807, 2.05) is 35.7 Å². The lowest BCUT2D eigenvalue weighted by Crippen LogP contribution is -2.42. The number of amides is 2. The molecule has 2 atom stereocenters. The Morgan fingerprint density at radius 2 is 1.84 bits per heavy atom. The van der Waals surface area contributed by atoms with Crippen molar-refractivity contribution in [2.75, 3.05) is 13.2 Å². The predicted octanol–water partition coefficient (Wildman–Crippen LogP) is 3.99. The van der Waals surface area contributed by atoms with E-state index in [0.717, 1.165) is 17.7 Å². The minimum Gasteiger partial charge on any atom is -0.491 e. The molecule has 0 aliphatic rings. The highest BCUT2D eigenvalue weighted by atomic mass is 32.1. The number of rotatable bonds is 8. The highest BCUT2D eigenvalue weighted by Crippen LogP contribution is 2.30. The summed E-state index contributed by atoms with van der Waals surface area (Å²) in [4.78, 5) is 16.6. The van der Waals surface area contributed by atoms with Crippen molar-refractivity contribution >= 4 is 17.4 Å². The second-order valence-corrected chi connectivity index (χ2v) is 7.48. The van der Waals surface area contributed by atoms with Crippen molar-refractivity contribution in [3.8, 4) is 5.75 Å². The largest absolute Gasteiger partial charge is 0.491 e. The van der Waals surface area contributed by atoms with Crippen molar-refractivity contribution in [2.45, 2.75) is 18.3 Å². The summed E-state index contributed by atoms with van der Waals surface area (Å²) in [5.41, 5.74) is 0.0747. The third-order valence-corrected chi connectivity index (χ3v) is 5.07. The number of aliphatic hydroxyl groups excluding tert-OH is 1. The lowest BCUT2D eigenvalue weighted by Gasteiger charge is -2.19. The third-order valence-electron chi connectivity index (χ3n) is 4.23. The quantitative estimate of drug-likeness (QED) is 0.484. The van der Waals surface area contributed by atoms with Gasteiger partial charge in [0.05, 0.1) is 5.56 Å². The zero-order valence-electron chi connectivity index (χ0n) is 16.2. The molecule has 0 aliphatic carbocycles. The van der Waals surface area contributed by atoms with Gasteiger partial charge in [-0.05, 0) is 29.8 Å². The van der Waals surface area contributed by atoms with Gasteiger partial charge >= 0.3 is 12.2 Å². The second kappa shape index (κ2) is 10.3. The van der Waals surface area contributed by atoms with Gasteiger partial charge in [-0.15, -0.1) is 11.3 Å². The number of aliphatic hydroxyl groups is 1. The summed E-state index contributed by atoms with van der Waals surface area (Å²) in [6, 6.07) is 12.5. The van der Waals surface area contributed by atoms with E-state index in [0.29, 0.717) is 5.01 Å². The van der Waals surface area contributed by atoms with Crippen molar-refractivity contribution in [1.29, 1.82) is 0 Å². The number of carbonyl (C=O) groups excluding carboxylic acids is 1. The topological polar surface area (TPSA) is 83.5 Å². The van der Waals surface area contributed by atoms with Gasteiger partial charge in [-0.2, -0.15) is 13.2 Å². The molecule has 6 nitrogen and oxygen atoms in total. The Morgan fingerprint density at radius 3 is 2.45 bits per heavy atom. The fourth-order valence-electron chi connectivity index (χ4n) is 2.69. The van der Waals surface area contributed by atoms with Gasteiger partial charge < -0.3 is 20.5 Å². The summed E-state index contributed by atoms with van der Waals surface area (Å²) in [7, 11) is 0. The molecule has 164 valence electrons. The number of alkyl halides is 3. The van der Waals surface area contributed by atoms with Crippen LogP contribution in [0.2, 0.25) is 0 Å². The Balaban J connectivity index is 1.48. The number of aromatic nitrogens is 1. The monoisotopic (exact) mass is 451 g/mol. The molecule has 2 unspecified atom stereocenters. The maximum absolute atomic E-state index is 12.6. The molecule has 2 aromatic carbocycles. The maximum atomic E-state index is 12.6. The highest BCUT2D eigenvalue weighted by Gasteiger charge is 2.30. The van der Waals surface area contributed by atoms with E-state index in [1.54, 1.807) is 6.20 Å². The van der Waals surface area contributed by atoms with Crippen LogP contribution >= 0.6 is 11.3 Å². The van der Waals surface area contributed by atoms with E-state index in [2.05, 4.69) is 15.6 Å². The molecule has 0 radical (unpaired) electrons. The number of nitrogens with zero attached hydrogens (tertiary/aromatic N) is 1. The summed E-state index contributed by atoms with van der Waals surface area (Å²) in [6.07, 6.45) is -3.83. The first-order valence-corrected chi connectivity index (χ1v) is 10.2. The molecular formula is C21H20F3N3O3S. The van der Waals surface area contributed by atoms with Crippen LogP contribution in [0.15, 0.2) is 66.2 Å². The molecule has 1 heterocycles. The Bertz CT molecular complexity index is 952. The van der Waals surface area contributed by atoms with Crippen molar-refractivity contribution in [3.05, 3.63) is 82.3 Å². The molecule has 10 heteroatoms. The molecule has 0 spiro atoms. The lowest BCUT2D eigenvalue weighted by molar-refractivity contribution is -0.137. The van der Waals surface area contributed by atoms with Gasteiger partial charge in [-0.25, -0.2) is 9.78 Å². The smallest absolute Gasteiger partial charge is 0.416 e. The number of benzene rings is 2. The summed E-state index contributed by atoms with van der Waals surface area (Å²) < 4.78 is 43.0. The van der Waals surface area contributed by atoms with Gasteiger partial charge in [0.1, 0.15) is 29.5 Å². The third kappa shape index (κ3) is 6.69. The zero-order valence-corrected chi connectivity index (χ0v) is 17.0. The number of thiazole rings is 1. The molecular weight excluding hydrogens is 431 g/mol. The Kier molecular flexibility index (Phi) is 7.48. The highest BCUT2D eigenvalue weighted by molar-refractivity contribution is 7.09. The van der Waals surface area contributed by atoms with Crippen LogP contribution in [0.5, 0.6) is 5.75 Å². The standard InChI is InChI=1S/C21H20F3N3O3S/c22-21(23,24)15-6-8-17(9-7-15)30-13-16(28)12-26-20(29)27-18(19-25-10-11-31-19)14-4-2-1-3-5-14/h1-11,16,18,28H,12-13H2,(H2,26,27,29). The minimum absolute atomic E-state index is 0.105. The van der Waals surface area contributed by atoms with E-state index in [4.69, 9.17) is 4.74 Å². The van der Waals surface area contributed by atoms with Crippen LogP contribution in [0, 0.1) is 0 Å². The van der Waals surface area contributed by atoms with Gasteiger partial charge in [0.2, 0.25) is 0 Å². The van der Waals surface area contributed by atoms with Crippen LogP contribution in [0.1, 0.15) is 22.2 Å². The van der Waals surface area contributed by atoms with Crippen molar-refractivity contribution in [3.63, 3.8) is 0 Å². The number of hydrogen-bond acceptors (Lipinski definition) is 5. The van der Waals surface area contributed by atoms with Gasteiger partial charge in [0, 0.05) is 18.1 Å². The van der Waals surface area contributed by atoms with Crippen LogP contribution in [0.4, 0.5) is 18.0 Å². The fraction of sp³-hybridized carbons (Fsp3) is 0.238. The molecule has 3 N–H and O–H groups in total. The first-order valence-electron chi connectivity index (χ1n) is 9.30. The minimum atomic E-state index is -4.43. The molecule has 0 saturated heterocycles. The van der Waals surface area contributed by atoms with Crippen LogP contribution in [-0.2, 0) is 6.18 Å². The molecule has 0 saturated carbocycles. The Hall–Kier alpha value is -3.11. The average Bonchev–Trinajstić information content (AvgIpc) is 3.29. The van der Waals surface area contributed by atoms with E-state index < -0.39 is 29.9 Å². The summed E-state index contributed by atoms with van der Waals surface area (Å²) in [5, 5.41) is 17.9. The Morgan fingerprint density at radius 1 is 1.13 bits per heavy atom. The zero-order chi connectivity index (χ0) is 22.3. The predicted molar refractivity (Wildman–Crippen MR) is 110 cm³/mol. The molecule has 3 aromatic rings. The average molecular weight is 451 g/mol. The molecule has 2 amide bonds. The summed E-state index contributed by atoms with van der Waals surface area (Å²) in [5.74, 6) is 0.185. The number of nitrogens with one attached hydrogen (secondary N) is 2.